The van der Waals surface area contributed by atoms with Crippen LogP contribution in [0.5, 0.6) is 0 Å². The molecule has 0 fully saturated rings. The van der Waals surface area contributed by atoms with Gasteiger partial charge in [0.2, 0.25) is 5.91 Å². The molecule has 0 saturated heterocycles. The quantitative estimate of drug-likeness (QED) is 0.842. The molecule has 0 atom stereocenters. The molecule has 1 aromatic rings. The fraction of sp³-hybridized carbons (Fsp3) is 0.462. The number of carbonyl (C=O) groups is 1. The first-order valence-electron chi connectivity index (χ1n) is 6.00. The van der Waals surface area contributed by atoms with Crippen LogP contribution in [0.15, 0.2) is 18.2 Å². The topological polar surface area (TPSA) is 46.3 Å². The molecule has 3 nitrogen and oxygen atoms in total. The second-order valence-corrected chi connectivity index (χ2v) is 4.08. The predicted octanol–water partition coefficient (Wildman–Crippen LogP) is 1.70. The summed E-state index contributed by atoms with van der Waals surface area (Å²) in [5, 5.41) is 0. The van der Waals surface area contributed by atoms with E-state index in [9.17, 15) is 13.6 Å². The summed E-state index contributed by atoms with van der Waals surface area (Å²) in [5.74, 6) is -1.52. The zero-order valence-corrected chi connectivity index (χ0v) is 10.5. The van der Waals surface area contributed by atoms with Crippen LogP contribution in [0.1, 0.15) is 18.9 Å². The smallest absolute Gasteiger partial charge is 0.227 e. The maximum absolute atomic E-state index is 13.4. The maximum Gasteiger partial charge on any atom is 0.227 e. The van der Waals surface area contributed by atoms with Gasteiger partial charge >= 0.3 is 0 Å². The molecular weight excluding hydrogens is 238 g/mol. The van der Waals surface area contributed by atoms with Crippen molar-refractivity contribution in [1.29, 1.82) is 0 Å². The van der Waals surface area contributed by atoms with Gasteiger partial charge in [0.25, 0.3) is 0 Å². The Morgan fingerprint density at radius 2 is 2.06 bits per heavy atom. The van der Waals surface area contributed by atoms with Crippen molar-refractivity contribution >= 4 is 5.91 Å². The summed E-state index contributed by atoms with van der Waals surface area (Å²) in [6, 6.07) is 3.24. The number of halogens is 2. The van der Waals surface area contributed by atoms with Gasteiger partial charge in [-0.2, -0.15) is 0 Å². The van der Waals surface area contributed by atoms with Gasteiger partial charge in [0.05, 0.1) is 6.42 Å². The minimum absolute atomic E-state index is 0.0634. The van der Waals surface area contributed by atoms with Gasteiger partial charge in [-0.1, -0.05) is 13.0 Å². The normalized spacial score (nSPS) is 10.4. The predicted molar refractivity (Wildman–Crippen MR) is 66.0 cm³/mol. The van der Waals surface area contributed by atoms with Gasteiger partial charge in [0.1, 0.15) is 11.6 Å². The first kappa shape index (κ1) is 14.6. The molecule has 0 heterocycles. The first-order valence-corrected chi connectivity index (χ1v) is 6.00. The van der Waals surface area contributed by atoms with Gasteiger partial charge in [-0.05, 0) is 18.1 Å². The Morgan fingerprint density at radius 3 is 2.61 bits per heavy atom. The van der Waals surface area contributed by atoms with Crippen LogP contribution in [0, 0.1) is 11.6 Å². The number of hydrogen-bond acceptors (Lipinski definition) is 2. The highest BCUT2D eigenvalue weighted by molar-refractivity contribution is 5.78. The van der Waals surface area contributed by atoms with Crippen LogP contribution in [-0.4, -0.2) is 30.4 Å². The average Bonchev–Trinajstić information content (AvgIpc) is 2.32. The maximum atomic E-state index is 13.4. The molecule has 0 radical (unpaired) electrons. The SMILES string of the molecule is CCCN(CCN)C(=O)Cc1ccc(F)cc1F. The molecule has 0 unspecified atom stereocenters. The van der Waals surface area contributed by atoms with E-state index in [1.165, 1.54) is 6.07 Å². The highest BCUT2D eigenvalue weighted by Crippen LogP contribution is 2.11. The molecule has 0 spiro atoms. The monoisotopic (exact) mass is 256 g/mol. The van der Waals surface area contributed by atoms with Crippen LogP contribution in [-0.2, 0) is 11.2 Å². The third-order valence-electron chi connectivity index (χ3n) is 2.60. The lowest BCUT2D eigenvalue weighted by atomic mass is 10.1. The number of nitrogens with zero attached hydrogens (tertiary/aromatic N) is 1. The fourth-order valence-electron chi connectivity index (χ4n) is 1.73. The lowest BCUT2D eigenvalue weighted by molar-refractivity contribution is -0.130. The second kappa shape index (κ2) is 7.06. The summed E-state index contributed by atoms with van der Waals surface area (Å²) in [6.07, 6.45) is 0.754. The number of hydrogen-bond donors (Lipinski definition) is 1. The van der Waals surface area contributed by atoms with Gasteiger partial charge in [-0.25, -0.2) is 8.78 Å². The van der Waals surface area contributed by atoms with E-state index in [2.05, 4.69) is 0 Å². The molecule has 1 amide bonds. The van der Waals surface area contributed by atoms with Crippen LogP contribution < -0.4 is 5.73 Å². The Labute approximate surface area is 106 Å². The van der Waals surface area contributed by atoms with E-state index in [4.69, 9.17) is 5.73 Å². The minimum atomic E-state index is -0.687. The molecule has 0 aromatic heterocycles. The van der Waals surface area contributed by atoms with E-state index in [0.717, 1.165) is 18.6 Å². The van der Waals surface area contributed by atoms with Crippen molar-refractivity contribution in [2.45, 2.75) is 19.8 Å². The van der Waals surface area contributed by atoms with Crippen LogP contribution >= 0.6 is 0 Å². The standard InChI is InChI=1S/C13H18F2N2O/c1-2-6-17(7-5-16)13(18)8-10-3-4-11(14)9-12(10)15/h3-4,9H,2,5-8,16H2,1H3. The van der Waals surface area contributed by atoms with Crippen molar-refractivity contribution in [2.24, 2.45) is 5.73 Å². The Bertz CT molecular complexity index is 404. The largest absolute Gasteiger partial charge is 0.341 e. The zero-order valence-electron chi connectivity index (χ0n) is 10.5. The van der Waals surface area contributed by atoms with Gasteiger partial charge in [0.15, 0.2) is 0 Å². The summed E-state index contributed by atoms with van der Waals surface area (Å²) in [5.41, 5.74) is 5.63. The van der Waals surface area contributed by atoms with Crippen molar-refractivity contribution in [3.8, 4) is 0 Å². The van der Waals surface area contributed by atoms with Crippen molar-refractivity contribution in [3.05, 3.63) is 35.4 Å². The third-order valence-corrected chi connectivity index (χ3v) is 2.60. The van der Waals surface area contributed by atoms with Gasteiger partial charge < -0.3 is 10.6 Å². The number of rotatable bonds is 6. The molecule has 1 rings (SSSR count). The fourth-order valence-corrected chi connectivity index (χ4v) is 1.73. The molecule has 0 aliphatic heterocycles. The Balaban J connectivity index is 2.72. The summed E-state index contributed by atoms with van der Waals surface area (Å²) in [7, 11) is 0. The molecule has 0 saturated carbocycles. The van der Waals surface area contributed by atoms with Crippen LogP contribution in [0.2, 0.25) is 0 Å². The molecule has 2 N–H and O–H groups in total. The number of amides is 1. The minimum Gasteiger partial charge on any atom is -0.341 e. The molecule has 18 heavy (non-hydrogen) atoms. The van der Waals surface area contributed by atoms with Crippen molar-refractivity contribution < 1.29 is 13.6 Å². The molecular formula is C13H18F2N2O. The first-order chi connectivity index (χ1) is 8.58. The molecule has 1 aromatic carbocycles. The van der Waals surface area contributed by atoms with E-state index in [-0.39, 0.29) is 17.9 Å². The van der Waals surface area contributed by atoms with Crippen LogP contribution in [0.3, 0.4) is 0 Å². The Morgan fingerprint density at radius 1 is 1.33 bits per heavy atom. The Hall–Kier alpha value is -1.49. The van der Waals surface area contributed by atoms with E-state index in [1.54, 1.807) is 4.90 Å². The van der Waals surface area contributed by atoms with Gasteiger partial charge in [-0.15, -0.1) is 0 Å². The molecule has 5 heteroatoms. The molecule has 0 aliphatic carbocycles. The van der Waals surface area contributed by atoms with E-state index >= 15 is 0 Å². The number of carbonyl (C=O) groups excluding carboxylic acids is 1. The van der Waals surface area contributed by atoms with E-state index < -0.39 is 11.6 Å². The summed E-state index contributed by atoms with van der Waals surface area (Å²) >= 11 is 0. The van der Waals surface area contributed by atoms with Crippen molar-refractivity contribution in [3.63, 3.8) is 0 Å². The van der Waals surface area contributed by atoms with Crippen molar-refractivity contribution in [1.82, 2.24) is 4.90 Å². The second-order valence-electron chi connectivity index (χ2n) is 4.08. The summed E-state index contributed by atoms with van der Waals surface area (Å²) in [6.45, 7) is 3.38. The zero-order chi connectivity index (χ0) is 13.5. The van der Waals surface area contributed by atoms with Gasteiger partial charge in [-0.3, -0.25) is 4.79 Å². The van der Waals surface area contributed by atoms with Crippen molar-refractivity contribution in [2.75, 3.05) is 19.6 Å². The third kappa shape index (κ3) is 4.07. The highest BCUT2D eigenvalue weighted by Gasteiger charge is 2.15. The molecule has 0 aliphatic rings. The molecule has 100 valence electrons. The number of nitrogens with two attached hydrogens (primary N) is 1. The van der Waals surface area contributed by atoms with E-state index in [0.29, 0.717) is 19.6 Å². The summed E-state index contributed by atoms with van der Waals surface area (Å²) < 4.78 is 26.1. The van der Waals surface area contributed by atoms with Gasteiger partial charge in [0, 0.05) is 25.7 Å². The number of benzene rings is 1. The summed E-state index contributed by atoms with van der Waals surface area (Å²) in [4.78, 5) is 13.5. The van der Waals surface area contributed by atoms with Crippen LogP contribution in [0.25, 0.3) is 0 Å². The lowest BCUT2D eigenvalue weighted by Crippen LogP contribution is -2.37. The highest BCUT2D eigenvalue weighted by atomic mass is 19.1. The van der Waals surface area contributed by atoms with E-state index in [1.807, 2.05) is 6.92 Å². The average molecular weight is 256 g/mol. The lowest BCUT2D eigenvalue weighted by Gasteiger charge is -2.21. The molecule has 0 bridgehead atoms. The Kier molecular flexibility index (Phi) is 5.71. The van der Waals surface area contributed by atoms with Crippen LogP contribution in [0.4, 0.5) is 8.78 Å².